The van der Waals surface area contributed by atoms with E-state index in [2.05, 4.69) is 27.4 Å². The smallest absolute Gasteiger partial charge is 0.171 e. The van der Waals surface area contributed by atoms with Crippen LogP contribution in [0, 0.1) is 0 Å². The fourth-order valence-corrected chi connectivity index (χ4v) is 2.51. The minimum absolute atomic E-state index is 0.735. The van der Waals surface area contributed by atoms with E-state index in [4.69, 9.17) is 4.74 Å². The lowest BCUT2D eigenvalue weighted by molar-refractivity contribution is 0.309. The monoisotopic (exact) mass is 232 g/mol. The number of hydrogen-bond donors (Lipinski definition) is 0. The number of anilines is 1. The van der Waals surface area contributed by atoms with Crippen LogP contribution < -0.4 is 9.64 Å². The summed E-state index contributed by atoms with van der Waals surface area (Å²) in [5.74, 6) is 1.83. The number of ether oxygens (including phenoxy) is 1. The Morgan fingerprint density at radius 2 is 2.44 bits per heavy atom. The molecule has 0 radical (unpaired) electrons. The molecule has 0 bridgehead atoms. The quantitative estimate of drug-likeness (QED) is 0.755. The highest BCUT2D eigenvalue weighted by atomic mass is 32.1. The van der Waals surface area contributed by atoms with Crippen LogP contribution in [0.3, 0.4) is 0 Å². The van der Waals surface area contributed by atoms with Gasteiger partial charge in [-0.2, -0.15) is 0 Å². The molecule has 2 aromatic rings. The molecule has 3 rings (SSSR count). The molecule has 0 fully saturated rings. The van der Waals surface area contributed by atoms with E-state index in [-0.39, 0.29) is 0 Å². The third-order valence-corrected chi connectivity index (χ3v) is 3.60. The van der Waals surface area contributed by atoms with Crippen molar-refractivity contribution >= 4 is 17.2 Å². The lowest BCUT2D eigenvalue weighted by Gasteiger charge is -2.26. The van der Waals surface area contributed by atoms with Crippen LogP contribution in [0.15, 0.2) is 29.8 Å². The summed E-state index contributed by atoms with van der Waals surface area (Å²) in [5.41, 5.74) is 1.13. The van der Waals surface area contributed by atoms with Crippen LogP contribution in [0.1, 0.15) is 0 Å². The van der Waals surface area contributed by atoms with Gasteiger partial charge in [0.1, 0.15) is 6.61 Å². The van der Waals surface area contributed by atoms with Crippen LogP contribution in [0.25, 0.3) is 10.4 Å². The SMILES string of the molecule is CN1CCOc2cc(-c3cccs3)cnc21. The van der Waals surface area contributed by atoms with Gasteiger partial charge in [-0.3, -0.25) is 0 Å². The second kappa shape index (κ2) is 3.79. The molecule has 0 spiro atoms. The van der Waals surface area contributed by atoms with Crippen LogP contribution in [-0.2, 0) is 0 Å². The molecule has 0 saturated heterocycles. The fraction of sp³-hybridized carbons (Fsp3) is 0.250. The summed E-state index contributed by atoms with van der Waals surface area (Å²) in [6.45, 7) is 1.64. The summed E-state index contributed by atoms with van der Waals surface area (Å²) in [4.78, 5) is 7.81. The molecule has 0 aromatic carbocycles. The molecule has 2 aromatic heterocycles. The van der Waals surface area contributed by atoms with Crippen molar-refractivity contribution < 1.29 is 4.74 Å². The molecule has 0 saturated carbocycles. The van der Waals surface area contributed by atoms with Gasteiger partial charge in [-0.25, -0.2) is 4.98 Å². The van der Waals surface area contributed by atoms with Gasteiger partial charge in [0.05, 0.1) is 6.54 Å². The van der Waals surface area contributed by atoms with E-state index in [0.29, 0.717) is 0 Å². The maximum atomic E-state index is 5.63. The third kappa shape index (κ3) is 1.55. The minimum Gasteiger partial charge on any atom is -0.488 e. The van der Waals surface area contributed by atoms with Gasteiger partial charge in [-0.15, -0.1) is 11.3 Å². The van der Waals surface area contributed by atoms with E-state index in [9.17, 15) is 0 Å². The van der Waals surface area contributed by atoms with Crippen LogP contribution >= 0.6 is 11.3 Å². The Hall–Kier alpha value is -1.55. The average Bonchev–Trinajstić information content (AvgIpc) is 2.82. The lowest BCUT2D eigenvalue weighted by Crippen LogP contribution is -2.29. The topological polar surface area (TPSA) is 25.4 Å². The van der Waals surface area contributed by atoms with E-state index in [0.717, 1.165) is 30.3 Å². The summed E-state index contributed by atoms with van der Waals surface area (Å²) < 4.78 is 5.63. The van der Waals surface area contributed by atoms with Crippen molar-refractivity contribution in [3.63, 3.8) is 0 Å². The summed E-state index contributed by atoms with van der Waals surface area (Å²) in [6.07, 6.45) is 1.91. The molecule has 0 amide bonds. The zero-order valence-electron chi connectivity index (χ0n) is 9.01. The number of hydrogen-bond acceptors (Lipinski definition) is 4. The highest BCUT2D eigenvalue weighted by Gasteiger charge is 2.16. The van der Waals surface area contributed by atoms with Gasteiger partial charge in [-0.1, -0.05) is 6.07 Å². The molecule has 82 valence electrons. The Morgan fingerprint density at radius 3 is 3.25 bits per heavy atom. The number of rotatable bonds is 1. The molecule has 16 heavy (non-hydrogen) atoms. The molecule has 0 aliphatic carbocycles. The van der Waals surface area contributed by atoms with E-state index < -0.39 is 0 Å². The van der Waals surface area contributed by atoms with Crippen molar-refractivity contribution in [2.24, 2.45) is 0 Å². The van der Waals surface area contributed by atoms with Gasteiger partial charge in [0.25, 0.3) is 0 Å². The molecule has 0 unspecified atom stereocenters. The summed E-state index contributed by atoms with van der Waals surface area (Å²) in [7, 11) is 2.04. The first kappa shape index (κ1) is 9.66. The number of likely N-dealkylation sites (N-methyl/N-ethyl adjacent to an activating group) is 1. The minimum atomic E-state index is 0.735. The molecule has 4 heteroatoms. The predicted octanol–water partition coefficient (Wildman–Crippen LogP) is 2.64. The normalized spacial score (nSPS) is 14.4. The van der Waals surface area contributed by atoms with Gasteiger partial charge in [0.15, 0.2) is 11.6 Å². The van der Waals surface area contributed by atoms with Crippen LogP contribution in [0.2, 0.25) is 0 Å². The number of thiophene rings is 1. The predicted molar refractivity (Wildman–Crippen MR) is 66.3 cm³/mol. The van der Waals surface area contributed by atoms with Crippen molar-refractivity contribution in [1.29, 1.82) is 0 Å². The number of aromatic nitrogens is 1. The van der Waals surface area contributed by atoms with Gasteiger partial charge in [-0.05, 0) is 17.5 Å². The van der Waals surface area contributed by atoms with Crippen LogP contribution in [-0.4, -0.2) is 25.2 Å². The Bertz CT molecular complexity index is 496. The molecule has 1 aliphatic rings. The molecular weight excluding hydrogens is 220 g/mol. The Labute approximate surface area is 98.3 Å². The Kier molecular flexibility index (Phi) is 2.29. The van der Waals surface area contributed by atoms with Crippen LogP contribution in [0.5, 0.6) is 5.75 Å². The van der Waals surface area contributed by atoms with E-state index >= 15 is 0 Å². The molecular formula is C12H12N2OS. The van der Waals surface area contributed by atoms with Gasteiger partial charge in [0.2, 0.25) is 0 Å². The van der Waals surface area contributed by atoms with Crippen LogP contribution in [0.4, 0.5) is 5.82 Å². The average molecular weight is 232 g/mol. The molecule has 0 atom stereocenters. The van der Waals surface area contributed by atoms with Crippen molar-refractivity contribution in [3.05, 3.63) is 29.8 Å². The Balaban J connectivity index is 2.05. The first-order chi connectivity index (χ1) is 7.84. The maximum Gasteiger partial charge on any atom is 0.171 e. The molecule has 1 aliphatic heterocycles. The largest absolute Gasteiger partial charge is 0.488 e. The van der Waals surface area contributed by atoms with E-state index in [1.165, 1.54) is 4.88 Å². The van der Waals surface area contributed by atoms with Crippen molar-refractivity contribution in [2.75, 3.05) is 25.1 Å². The fourth-order valence-electron chi connectivity index (χ4n) is 1.81. The molecule has 3 heterocycles. The second-order valence-electron chi connectivity index (χ2n) is 3.79. The zero-order valence-corrected chi connectivity index (χ0v) is 9.83. The highest BCUT2D eigenvalue weighted by Crippen LogP contribution is 2.33. The van der Waals surface area contributed by atoms with Crippen molar-refractivity contribution in [1.82, 2.24) is 4.98 Å². The van der Waals surface area contributed by atoms with Gasteiger partial charge in [0, 0.05) is 23.7 Å². The van der Waals surface area contributed by atoms with E-state index in [1.807, 2.05) is 19.3 Å². The molecule has 3 nitrogen and oxygen atoms in total. The lowest BCUT2D eigenvalue weighted by atomic mass is 10.2. The number of nitrogens with zero attached hydrogens (tertiary/aromatic N) is 2. The third-order valence-electron chi connectivity index (χ3n) is 2.68. The highest BCUT2D eigenvalue weighted by molar-refractivity contribution is 7.13. The molecule has 0 N–H and O–H groups in total. The maximum absolute atomic E-state index is 5.63. The first-order valence-corrected chi connectivity index (χ1v) is 6.10. The standard InChI is InChI=1S/C12H12N2OS/c1-14-4-5-15-10-7-9(8-13-12(10)14)11-3-2-6-16-11/h2-3,6-8H,4-5H2,1H3. The summed E-state index contributed by atoms with van der Waals surface area (Å²) in [5, 5.41) is 2.07. The van der Waals surface area contributed by atoms with E-state index in [1.54, 1.807) is 11.3 Å². The second-order valence-corrected chi connectivity index (χ2v) is 4.74. The summed E-state index contributed by atoms with van der Waals surface area (Å²) >= 11 is 1.72. The van der Waals surface area contributed by atoms with Crippen molar-refractivity contribution in [2.45, 2.75) is 0 Å². The van der Waals surface area contributed by atoms with Gasteiger partial charge >= 0.3 is 0 Å². The number of fused-ring (bicyclic) bond motifs is 1. The first-order valence-electron chi connectivity index (χ1n) is 5.22. The van der Waals surface area contributed by atoms with Gasteiger partial charge < -0.3 is 9.64 Å². The zero-order chi connectivity index (χ0) is 11.0. The van der Waals surface area contributed by atoms with Crippen molar-refractivity contribution in [3.8, 4) is 16.2 Å². The Morgan fingerprint density at radius 1 is 1.50 bits per heavy atom. The number of pyridine rings is 1. The summed E-state index contributed by atoms with van der Waals surface area (Å²) in [6, 6.07) is 6.22.